The molecule has 52 heavy (non-hydrogen) atoms. The van der Waals surface area contributed by atoms with Gasteiger partial charge in [-0.2, -0.15) is 0 Å². The summed E-state index contributed by atoms with van der Waals surface area (Å²) < 4.78 is 0. The highest BCUT2D eigenvalue weighted by atomic mass is 15.1. The Hall–Kier alpha value is -3.48. The van der Waals surface area contributed by atoms with Crippen molar-refractivity contribution in [1.29, 1.82) is 0 Å². The summed E-state index contributed by atoms with van der Waals surface area (Å²) in [6, 6.07) is 9.59. The number of likely N-dealkylation sites (N-methyl/N-ethyl adjacent to an activating group) is 2. The molecule has 3 aromatic heterocycles. The Morgan fingerprint density at radius 1 is 0.462 bits per heavy atom. The first-order valence-corrected chi connectivity index (χ1v) is 21.3. The predicted molar refractivity (Wildman–Crippen MR) is 219 cm³/mol. The maximum atomic E-state index is 5.64. The van der Waals surface area contributed by atoms with E-state index in [1.807, 2.05) is 0 Å². The number of hydrogen-bond donors (Lipinski definition) is 2. The van der Waals surface area contributed by atoms with Crippen LogP contribution in [0.2, 0.25) is 0 Å². The zero-order valence-corrected chi connectivity index (χ0v) is 31.9. The maximum absolute atomic E-state index is 5.64. The quantitative estimate of drug-likeness (QED) is 0.185. The highest BCUT2D eigenvalue weighted by molar-refractivity contribution is 5.84. The van der Waals surface area contributed by atoms with E-state index in [-0.39, 0.29) is 0 Å². The van der Waals surface area contributed by atoms with Crippen LogP contribution in [-0.2, 0) is 0 Å². The van der Waals surface area contributed by atoms with E-state index in [0.29, 0.717) is 23.7 Å². The zero-order chi connectivity index (χ0) is 35.0. The molecule has 2 aliphatic carbocycles. The van der Waals surface area contributed by atoms with Gasteiger partial charge in [0.1, 0.15) is 0 Å². The number of likely N-dealkylation sites (tertiary alicyclic amines) is 2. The van der Waals surface area contributed by atoms with Crippen LogP contribution in [0.15, 0.2) is 24.3 Å². The molecule has 0 amide bonds. The van der Waals surface area contributed by atoms with Crippen molar-refractivity contribution in [1.82, 2.24) is 29.7 Å². The molecule has 274 valence electrons. The summed E-state index contributed by atoms with van der Waals surface area (Å²) in [5, 5.41) is 0. The second-order valence-electron chi connectivity index (χ2n) is 16.8. The third kappa shape index (κ3) is 6.64. The Bertz CT molecular complexity index is 1870. The molecule has 3 aromatic rings. The number of rotatable bonds is 6. The normalized spacial score (nSPS) is 23.8. The van der Waals surface area contributed by atoms with E-state index in [1.165, 1.54) is 159 Å². The van der Waals surface area contributed by atoms with E-state index in [9.17, 15) is 0 Å². The molecule has 2 unspecified atom stereocenters. The first kappa shape index (κ1) is 34.3. The summed E-state index contributed by atoms with van der Waals surface area (Å²) in [7, 11) is 0. The first-order chi connectivity index (χ1) is 25.7. The summed E-state index contributed by atoms with van der Waals surface area (Å²) in [6.45, 7) is 11.4. The lowest BCUT2D eigenvalue weighted by Crippen LogP contribution is -2.34. The number of aromatic nitrogens is 4. The molecule has 6 heteroatoms. The number of fused-ring (bicyclic) bond motifs is 8. The molecule has 0 aromatic carbocycles. The second-order valence-corrected chi connectivity index (χ2v) is 16.8. The van der Waals surface area contributed by atoms with Crippen LogP contribution in [0, 0.1) is 0 Å². The van der Waals surface area contributed by atoms with Gasteiger partial charge in [-0.1, -0.05) is 52.4 Å². The molecule has 7 heterocycles. The average Bonchev–Trinajstić information content (AvgIpc) is 4.04. The third-order valence-electron chi connectivity index (χ3n) is 13.7. The molecule has 2 atom stereocenters. The largest absolute Gasteiger partial charge is 0.355 e. The number of piperidine rings is 2. The molecule has 6 nitrogen and oxygen atoms in total. The molecule has 2 saturated carbocycles. The van der Waals surface area contributed by atoms with Gasteiger partial charge < -0.3 is 19.8 Å². The maximum Gasteiger partial charge on any atom is 0.0694 e. The van der Waals surface area contributed by atoms with Crippen LogP contribution in [0.5, 0.6) is 0 Å². The van der Waals surface area contributed by atoms with Crippen LogP contribution in [-0.4, -0.2) is 69.0 Å². The summed E-state index contributed by atoms with van der Waals surface area (Å²) in [5.74, 6) is 1.96. The van der Waals surface area contributed by atoms with Crippen molar-refractivity contribution in [2.75, 3.05) is 39.3 Å². The van der Waals surface area contributed by atoms with Gasteiger partial charge in [-0.3, -0.25) is 0 Å². The third-order valence-corrected chi connectivity index (χ3v) is 13.7. The molecule has 0 spiro atoms. The van der Waals surface area contributed by atoms with Gasteiger partial charge in [0.15, 0.2) is 0 Å². The average molecular weight is 697 g/mol. The minimum atomic E-state index is 0.430. The van der Waals surface area contributed by atoms with E-state index in [0.717, 1.165) is 37.6 Å². The lowest BCUT2D eigenvalue weighted by Gasteiger charge is -2.32. The molecular weight excluding hydrogens is 637 g/mol. The summed E-state index contributed by atoms with van der Waals surface area (Å²) in [4.78, 5) is 24.8. The monoisotopic (exact) mass is 696 g/mol. The highest BCUT2D eigenvalue weighted by Gasteiger charge is 2.30. The van der Waals surface area contributed by atoms with Crippen molar-refractivity contribution in [2.45, 2.75) is 127 Å². The van der Waals surface area contributed by atoms with E-state index in [2.05, 4.69) is 82.2 Å². The fourth-order valence-corrected chi connectivity index (χ4v) is 11.0. The van der Waals surface area contributed by atoms with Gasteiger partial charge in [0.25, 0.3) is 0 Å². The van der Waals surface area contributed by atoms with Crippen molar-refractivity contribution >= 4 is 46.4 Å². The molecule has 4 aliphatic heterocycles. The van der Waals surface area contributed by atoms with Crippen molar-refractivity contribution in [3.8, 4) is 0 Å². The molecule has 8 bridgehead atoms. The molecule has 2 N–H and O–H groups in total. The van der Waals surface area contributed by atoms with Gasteiger partial charge in [-0.25, -0.2) is 9.97 Å². The molecule has 6 aliphatic rings. The predicted octanol–water partition coefficient (Wildman–Crippen LogP) is 11.1. The fourth-order valence-electron chi connectivity index (χ4n) is 11.0. The van der Waals surface area contributed by atoms with E-state index in [4.69, 9.17) is 9.97 Å². The standard InChI is InChI=1S/C46H60N6/c1-3-51-27-11-17-33(29-51)45-39-23-19-35(47-39)43(31-13-7-5-8-14-31)37-21-25-41(49-37)46(34-18-12-28-52(4-2)30-34)42-26-22-38(50-42)44(32-15-9-6-10-16-32)36-20-24-40(45)48-36/h19-26,31-34,47-48H,3-18,27-30H2,1-2H3. The lowest BCUT2D eigenvalue weighted by atomic mass is 9.83. The number of nitrogens with zero attached hydrogens (tertiary/aromatic N) is 4. The van der Waals surface area contributed by atoms with Gasteiger partial charge in [0, 0.05) is 69.2 Å². The Balaban J connectivity index is 1.35. The highest BCUT2D eigenvalue weighted by Crippen LogP contribution is 2.42. The van der Waals surface area contributed by atoms with Gasteiger partial charge in [0.2, 0.25) is 0 Å². The van der Waals surface area contributed by atoms with Crippen LogP contribution in [0.4, 0.5) is 0 Å². The Labute approximate surface area is 311 Å². The van der Waals surface area contributed by atoms with Crippen molar-refractivity contribution in [2.24, 2.45) is 0 Å². The minimum absolute atomic E-state index is 0.430. The lowest BCUT2D eigenvalue weighted by molar-refractivity contribution is 0.217. The van der Waals surface area contributed by atoms with Gasteiger partial charge in [0.05, 0.1) is 22.8 Å². The summed E-state index contributed by atoms with van der Waals surface area (Å²) in [6.07, 6.45) is 27.2. The molecule has 0 radical (unpaired) electrons. The number of nitrogens with one attached hydrogen (secondary N) is 2. The summed E-state index contributed by atoms with van der Waals surface area (Å²) in [5.41, 5.74) is 15.4. The minimum Gasteiger partial charge on any atom is -0.355 e. The Morgan fingerprint density at radius 3 is 1.25 bits per heavy atom. The Kier molecular flexibility index (Phi) is 9.96. The molecule has 4 fully saturated rings. The SMILES string of the molecule is CCN1CCCC(c2c3nc(c(C4CCCCC4)c4ccc([nH]4)c(C4CCCN(CC)C4)c4ccc([nH]4)c(C4CCCCC4)c4nc2C=C4)C=C3)C1. The first-order valence-electron chi connectivity index (χ1n) is 21.3. The van der Waals surface area contributed by atoms with Crippen molar-refractivity contribution in [3.05, 3.63) is 69.3 Å². The fraction of sp³-hybridized carbons (Fsp3) is 0.565. The smallest absolute Gasteiger partial charge is 0.0694 e. The molecular formula is C46H60N6. The van der Waals surface area contributed by atoms with E-state index >= 15 is 0 Å². The van der Waals surface area contributed by atoms with Crippen molar-refractivity contribution in [3.63, 3.8) is 0 Å². The van der Waals surface area contributed by atoms with Crippen LogP contribution in [0.25, 0.3) is 46.4 Å². The molecule has 9 rings (SSSR count). The number of aromatic amines is 2. The van der Waals surface area contributed by atoms with Crippen LogP contribution < -0.4 is 0 Å². The zero-order valence-electron chi connectivity index (χ0n) is 31.9. The van der Waals surface area contributed by atoms with Crippen molar-refractivity contribution < 1.29 is 0 Å². The van der Waals surface area contributed by atoms with Crippen LogP contribution in [0.3, 0.4) is 0 Å². The van der Waals surface area contributed by atoms with Crippen LogP contribution in [0.1, 0.15) is 172 Å². The van der Waals surface area contributed by atoms with Gasteiger partial charge in [-0.05, 0) is 138 Å². The topological polar surface area (TPSA) is 63.8 Å². The van der Waals surface area contributed by atoms with Crippen LogP contribution >= 0.6 is 0 Å². The van der Waals surface area contributed by atoms with E-state index in [1.54, 1.807) is 0 Å². The van der Waals surface area contributed by atoms with E-state index < -0.39 is 0 Å². The second kappa shape index (κ2) is 15.1. The summed E-state index contributed by atoms with van der Waals surface area (Å²) >= 11 is 0. The molecule has 2 saturated heterocycles. The number of H-pyrrole nitrogens is 2. The number of hydrogen-bond acceptors (Lipinski definition) is 4. The van der Waals surface area contributed by atoms with Gasteiger partial charge >= 0.3 is 0 Å². The Morgan fingerprint density at radius 2 is 0.827 bits per heavy atom. The van der Waals surface area contributed by atoms with Gasteiger partial charge in [-0.15, -0.1) is 0 Å².